The van der Waals surface area contributed by atoms with Crippen molar-refractivity contribution in [3.8, 4) is 0 Å². The quantitative estimate of drug-likeness (QED) is 0.689. The van der Waals surface area contributed by atoms with E-state index in [0.717, 1.165) is 40.1 Å². The minimum absolute atomic E-state index is 0.401. The topological polar surface area (TPSA) is 50.7 Å². The number of aromatic nitrogens is 3. The van der Waals surface area contributed by atoms with Gasteiger partial charge in [0.15, 0.2) is 0 Å². The zero-order valence-corrected chi connectivity index (χ0v) is 16.3. The highest BCUT2D eigenvalue weighted by molar-refractivity contribution is 7.26. The number of pyridine rings is 1. The Morgan fingerprint density at radius 3 is 2.72 bits per heavy atom. The van der Waals surface area contributed by atoms with E-state index in [1.165, 1.54) is 35.0 Å². The second-order valence-corrected chi connectivity index (χ2v) is 8.60. The number of hydrogen-bond acceptors (Lipinski definition) is 5. The molecule has 3 heterocycles. The van der Waals surface area contributed by atoms with Crippen LogP contribution in [0, 0.1) is 5.92 Å². The molecular weight excluding hydrogens is 328 g/mol. The van der Waals surface area contributed by atoms with E-state index < -0.39 is 0 Å². The Bertz CT molecular complexity index is 928. The standard InChI is InChI=1S/C20H26N4S/c1-5-12(4)23-19-18-17(21-10-22-19)16-14-8-6-7-13(14)15(9-11(2)3)24-20(16)25-18/h10-12H,5-9H2,1-4H3,(H,21,22,23). The summed E-state index contributed by atoms with van der Waals surface area (Å²) < 4.78 is 1.15. The molecule has 0 saturated carbocycles. The van der Waals surface area contributed by atoms with Crippen molar-refractivity contribution in [3.63, 3.8) is 0 Å². The monoisotopic (exact) mass is 354 g/mol. The van der Waals surface area contributed by atoms with E-state index >= 15 is 0 Å². The van der Waals surface area contributed by atoms with Crippen molar-refractivity contribution in [2.24, 2.45) is 5.92 Å². The number of fused-ring (bicyclic) bond motifs is 5. The van der Waals surface area contributed by atoms with Crippen LogP contribution in [0.3, 0.4) is 0 Å². The summed E-state index contributed by atoms with van der Waals surface area (Å²) in [6, 6.07) is 0.401. The zero-order valence-electron chi connectivity index (χ0n) is 15.5. The Morgan fingerprint density at radius 2 is 1.96 bits per heavy atom. The maximum atomic E-state index is 5.09. The van der Waals surface area contributed by atoms with Gasteiger partial charge in [0.1, 0.15) is 17.0 Å². The van der Waals surface area contributed by atoms with Crippen LogP contribution in [0.15, 0.2) is 6.33 Å². The second-order valence-electron chi connectivity index (χ2n) is 7.60. The van der Waals surface area contributed by atoms with E-state index in [1.54, 1.807) is 17.7 Å². The third kappa shape index (κ3) is 2.88. The maximum absolute atomic E-state index is 5.09. The Labute approximate surface area is 153 Å². The molecule has 0 aliphatic heterocycles. The Kier molecular flexibility index (Phi) is 4.36. The average Bonchev–Trinajstić information content (AvgIpc) is 3.18. The van der Waals surface area contributed by atoms with Crippen LogP contribution in [0.2, 0.25) is 0 Å². The number of aryl methyl sites for hydroxylation is 1. The summed E-state index contributed by atoms with van der Waals surface area (Å²) in [6.07, 6.45) is 7.40. The van der Waals surface area contributed by atoms with E-state index in [-0.39, 0.29) is 0 Å². The molecule has 0 spiro atoms. The average molecular weight is 355 g/mol. The summed E-state index contributed by atoms with van der Waals surface area (Å²) in [7, 11) is 0. The van der Waals surface area contributed by atoms with Gasteiger partial charge < -0.3 is 5.32 Å². The molecule has 0 amide bonds. The van der Waals surface area contributed by atoms with Gasteiger partial charge in [0.2, 0.25) is 0 Å². The van der Waals surface area contributed by atoms with Crippen molar-refractivity contribution < 1.29 is 0 Å². The first kappa shape index (κ1) is 16.7. The first-order valence-corrected chi connectivity index (χ1v) is 10.2. The molecule has 3 aromatic heterocycles. The molecule has 1 N–H and O–H groups in total. The first-order valence-electron chi connectivity index (χ1n) is 9.42. The molecule has 5 heteroatoms. The highest BCUT2D eigenvalue weighted by atomic mass is 32.1. The van der Waals surface area contributed by atoms with E-state index in [4.69, 9.17) is 4.98 Å². The van der Waals surface area contributed by atoms with Crippen LogP contribution in [0.4, 0.5) is 5.82 Å². The molecule has 1 unspecified atom stereocenters. The van der Waals surface area contributed by atoms with Crippen molar-refractivity contribution >= 4 is 37.6 Å². The van der Waals surface area contributed by atoms with Gasteiger partial charge >= 0.3 is 0 Å². The molecule has 0 saturated heterocycles. The molecule has 0 aromatic carbocycles. The number of nitrogens with one attached hydrogen (secondary N) is 1. The van der Waals surface area contributed by atoms with E-state index in [9.17, 15) is 0 Å². The van der Waals surface area contributed by atoms with Gasteiger partial charge in [-0.25, -0.2) is 15.0 Å². The minimum atomic E-state index is 0.401. The Balaban J connectivity index is 1.95. The zero-order chi connectivity index (χ0) is 17.6. The van der Waals surface area contributed by atoms with Gasteiger partial charge in [-0.3, -0.25) is 0 Å². The number of hydrogen-bond donors (Lipinski definition) is 1. The predicted molar refractivity (Wildman–Crippen MR) is 107 cm³/mol. The molecule has 132 valence electrons. The largest absolute Gasteiger partial charge is 0.366 e. The fraction of sp³-hybridized carbons (Fsp3) is 0.550. The molecular formula is C20H26N4S. The van der Waals surface area contributed by atoms with Crippen molar-refractivity contribution in [3.05, 3.63) is 23.1 Å². The fourth-order valence-corrected chi connectivity index (χ4v) is 4.90. The number of rotatable bonds is 5. The van der Waals surface area contributed by atoms with Gasteiger partial charge in [-0.1, -0.05) is 20.8 Å². The predicted octanol–water partition coefficient (Wildman–Crippen LogP) is 5.14. The van der Waals surface area contributed by atoms with Gasteiger partial charge in [0.05, 0.1) is 10.2 Å². The highest BCUT2D eigenvalue weighted by Crippen LogP contribution is 2.41. The first-order chi connectivity index (χ1) is 12.1. The van der Waals surface area contributed by atoms with Crippen LogP contribution in [0.1, 0.15) is 57.4 Å². The summed E-state index contributed by atoms with van der Waals surface area (Å²) in [5.41, 5.74) is 5.39. The van der Waals surface area contributed by atoms with E-state index in [1.807, 2.05) is 0 Å². The van der Waals surface area contributed by atoms with Crippen LogP contribution in [-0.4, -0.2) is 21.0 Å². The molecule has 3 aromatic rings. The SMILES string of the molecule is CCC(C)Nc1ncnc2c1sc1nc(CC(C)C)c3c(c12)CCC3. The third-order valence-electron chi connectivity index (χ3n) is 5.15. The minimum Gasteiger partial charge on any atom is -0.366 e. The van der Waals surface area contributed by atoms with Gasteiger partial charge in [0, 0.05) is 17.1 Å². The van der Waals surface area contributed by atoms with Gasteiger partial charge in [0.25, 0.3) is 0 Å². The van der Waals surface area contributed by atoms with Crippen molar-refractivity contribution in [2.45, 2.75) is 65.8 Å². The molecule has 0 bridgehead atoms. The summed E-state index contributed by atoms with van der Waals surface area (Å²) in [4.78, 5) is 15.4. The lowest BCUT2D eigenvalue weighted by molar-refractivity contribution is 0.632. The van der Waals surface area contributed by atoms with Crippen LogP contribution in [0.5, 0.6) is 0 Å². The highest BCUT2D eigenvalue weighted by Gasteiger charge is 2.24. The molecule has 1 aliphatic rings. The van der Waals surface area contributed by atoms with E-state index in [2.05, 4.69) is 43.0 Å². The lowest BCUT2D eigenvalue weighted by atomic mass is 9.99. The Hall–Kier alpha value is -1.75. The summed E-state index contributed by atoms with van der Waals surface area (Å²) in [5.74, 6) is 1.59. The Morgan fingerprint density at radius 1 is 1.16 bits per heavy atom. The molecule has 4 nitrogen and oxygen atoms in total. The lowest BCUT2D eigenvalue weighted by Gasteiger charge is -2.12. The number of thiophene rings is 1. The summed E-state index contributed by atoms with van der Waals surface area (Å²) in [5, 5.41) is 4.83. The molecule has 0 fully saturated rings. The van der Waals surface area contributed by atoms with Crippen LogP contribution < -0.4 is 5.32 Å². The van der Waals surface area contributed by atoms with Crippen molar-refractivity contribution in [1.82, 2.24) is 15.0 Å². The molecule has 4 rings (SSSR count). The summed E-state index contributed by atoms with van der Waals surface area (Å²) >= 11 is 1.75. The van der Waals surface area contributed by atoms with Crippen LogP contribution in [-0.2, 0) is 19.3 Å². The number of anilines is 1. The smallest absolute Gasteiger partial charge is 0.147 e. The van der Waals surface area contributed by atoms with Gasteiger partial charge in [-0.2, -0.15) is 0 Å². The van der Waals surface area contributed by atoms with E-state index in [0.29, 0.717) is 12.0 Å². The molecule has 25 heavy (non-hydrogen) atoms. The summed E-state index contributed by atoms with van der Waals surface area (Å²) in [6.45, 7) is 8.93. The fourth-order valence-electron chi connectivity index (χ4n) is 3.77. The lowest BCUT2D eigenvalue weighted by Crippen LogP contribution is -2.14. The second kappa shape index (κ2) is 6.52. The molecule has 1 atom stereocenters. The molecule has 1 aliphatic carbocycles. The van der Waals surface area contributed by atoms with Crippen molar-refractivity contribution in [2.75, 3.05) is 5.32 Å². The molecule has 0 radical (unpaired) electrons. The van der Waals surface area contributed by atoms with Gasteiger partial charge in [-0.05, 0) is 56.1 Å². The van der Waals surface area contributed by atoms with Gasteiger partial charge in [-0.15, -0.1) is 11.3 Å². The maximum Gasteiger partial charge on any atom is 0.147 e. The third-order valence-corrected chi connectivity index (χ3v) is 6.23. The van der Waals surface area contributed by atoms with Crippen LogP contribution >= 0.6 is 11.3 Å². The number of nitrogens with zero attached hydrogens (tertiary/aromatic N) is 3. The van der Waals surface area contributed by atoms with Crippen molar-refractivity contribution in [1.29, 1.82) is 0 Å². The van der Waals surface area contributed by atoms with Crippen LogP contribution in [0.25, 0.3) is 20.4 Å². The normalized spacial score (nSPS) is 15.2.